The van der Waals surface area contributed by atoms with Crippen LogP contribution < -0.4 is 15.5 Å². The molecule has 0 spiro atoms. The summed E-state index contributed by atoms with van der Waals surface area (Å²) in [5, 5.41) is 9.69. The number of carbonyl (C=O) groups is 1. The van der Waals surface area contributed by atoms with E-state index in [1.54, 1.807) is 29.2 Å². The predicted molar refractivity (Wildman–Crippen MR) is 120 cm³/mol. The first-order valence-corrected chi connectivity index (χ1v) is 10.3. The molecule has 1 aliphatic heterocycles. The molecule has 5 rings (SSSR count). The molecule has 0 bridgehead atoms. The Balaban J connectivity index is 1.37. The van der Waals surface area contributed by atoms with E-state index in [1.807, 2.05) is 18.2 Å². The lowest BCUT2D eigenvalue weighted by Crippen LogP contribution is -2.37. The van der Waals surface area contributed by atoms with Crippen molar-refractivity contribution in [2.75, 3.05) is 41.8 Å². The molecule has 4 aromatic rings. The average Bonchev–Trinajstić information content (AvgIpc) is 3.41. The highest BCUT2D eigenvalue weighted by molar-refractivity contribution is 5.99. The van der Waals surface area contributed by atoms with Crippen molar-refractivity contribution in [3.8, 4) is 17.3 Å². The van der Waals surface area contributed by atoms with Crippen LogP contribution in [0.25, 0.3) is 17.3 Å². The van der Waals surface area contributed by atoms with Gasteiger partial charge >= 0.3 is 6.03 Å². The zero-order chi connectivity index (χ0) is 22.5. The number of urea groups is 1. The topological polar surface area (TPSA) is 136 Å². The summed E-state index contributed by atoms with van der Waals surface area (Å²) in [5.41, 5.74) is 1.89. The minimum atomic E-state index is -0.395. The van der Waals surface area contributed by atoms with Crippen molar-refractivity contribution in [2.24, 2.45) is 0 Å². The highest BCUT2D eigenvalue weighted by Crippen LogP contribution is 2.22. The van der Waals surface area contributed by atoms with Crippen LogP contribution >= 0.6 is 0 Å². The number of carbonyl (C=O) groups excluding carboxylic acids is 1. The van der Waals surface area contributed by atoms with Crippen LogP contribution in [0, 0.1) is 0 Å². The third-order valence-corrected chi connectivity index (χ3v) is 4.83. The quantitative estimate of drug-likeness (QED) is 0.473. The number of anilines is 3. The predicted octanol–water partition coefficient (Wildman–Crippen LogP) is 1.99. The van der Waals surface area contributed by atoms with Gasteiger partial charge in [0.25, 0.3) is 5.95 Å². The Morgan fingerprint density at radius 1 is 0.909 bits per heavy atom. The molecule has 12 heteroatoms. The number of hydrogen-bond acceptors (Lipinski definition) is 9. The van der Waals surface area contributed by atoms with Gasteiger partial charge in [-0.25, -0.2) is 19.4 Å². The molecule has 0 atom stereocenters. The second kappa shape index (κ2) is 9.36. The van der Waals surface area contributed by atoms with E-state index in [4.69, 9.17) is 4.74 Å². The zero-order valence-corrected chi connectivity index (χ0v) is 17.5. The van der Waals surface area contributed by atoms with Gasteiger partial charge in [0.1, 0.15) is 6.33 Å². The first-order chi connectivity index (χ1) is 16.2. The summed E-state index contributed by atoms with van der Waals surface area (Å²) >= 11 is 0. The molecular weight excluding hydrogens is 424 g/mol. The van der Waals surface area contributed by atoms with E-state index in [0.29, 0.717) is 55.4 Å². The highest BCUT2D eigenvalue weighted by atomic mass is 16.5. The number of morpholine rings is 1. The van der Waals surface area contributed by atoms with Gasteiger partial charge in [-0.3, -0.25) is 0 Å². The van der Waals surface area contributed by atoms with Gasteiger partial charge in [-0.1, -0.05) is 0 Å². The molecule has 1 saturated heterocycles. The van der Waals surface area contributed by atoms with Gasteiger partial charge in [-0.15, -0.1) is 0 Å². The van der Waals surface area contributed by atoms with Crippen LogP contribution in [0.4, 0.5) is 22.1 Å². The van der Waals surface area contributed by atoms with Crippen molar-refractivity contribution < 1.29 is 9.53 Å². The largest absolute Gasteiger partial charge is 0.378 e. The van der Waals surface area contributed by atoms with Crippen molar-refractivity contribution in [3.63, 3.8) is 0 Å². The Bertz CT molecular complexity index is 1210. The van der Waals surface area contributed by atoms with Gasteiger partial charge in [-0.2, -0.15) is 20.1 Å². The molecule has 2 N–H and O–H groups in total. The van der Waals surface area contributed by atoms with Crippen molar-refractivity contribution in [2.45, 2.75) is 0 Å². The van der Waals surface area contributed by atoms with Crippen LogP contribution in [-0.2, 0) is 4.74 Å². The molecule has 166 valence electrons. The second-order valence-electron chi connectivity index (χ2n) is 7.09. The number of nitrogens with one attached hydrogen (secondary N) is 2. The van der Waals surface area contributed by atoms with Gasteiger partial charge < -0.3 is 20.3 Å². The monoisotopic (exact) mass is 444 g/mol. The van der Waals surface area contributed by atoms with Crippen LogP contribution in [0.5, 0.6) is 0 Å². The summed E-state index contributed by atoms with van der Waals surface area (Å²) in [6.45, 7) is 2.64. The molecule has 0 aliphatic carbocycles. The lowest BCUT2D eigenvalue weighted by atomic mass is 10.2. The average molecular weight is 444 g/mol. The standard InChI is InChI=1S/C21H20N10O2/c32-21(26-17-12-22-14-23-13-17)25-16-4-2-15(3-5-16)18-27-19(30-8-10-33-11-9-30)29-20(28-18)31-7-1-6-24-31/h1-7,12-14H,8-11H2,(H2,25,26,32). The Morgan fingerprint density at radius 2 is 1.64 bits per heavy atom. The fourth-order valence-corrected chi connectivity index (χ4v) is 3.24. The fourth-order valence-electron chi connectivity index (χ4n) is 3.24. The third-order valence-electron chi connectivity index (χ3n) is 4.83. The van der Waals surface area contributed by atoms with Crippen LogP contribution in [0.2, 0.25) is 0 Å². The Morgan fingerprint density at radius 3 is 2.36 bits per heavy atom. The third kappa shape index (κ3) is 4.91. The van der Waals surface area contributed by atoms with Crippen molar-refractivity contribution >= 4 is 23.4 Å². The SMILES string of the molecule is O=C(Nc1ccc(-c2nc(N3CCOCC3)nc(-n3cccn3)n2)cc1)Nc1cncnc1. The molecule has 4 heterocycles. The Hall–Kier alpha value is -4.45. The number of benzene rings is 1. The molecule has 0 saturated carbocycles. The number of nitrogens with zero attached hydrogens (tertiary/aromatic N) is 8. The van der Waals surface area contributed by atoms with E-state index in [9.17, 15) is 4.79 Å². The van der Waals surface area contributed by atoms with E-state index in [1.165, 1.54) is 18.7 Å². The van der Waals surface area contributed by atoms with E-state index >= 15 is 0 Å². The number of hydrogen-bond donors (Lipinski definition) is 2. The lowest BCUT2D eigenvalue weighted by molar-refractivity contribution is 0.122. The smallest absolute Gasteiger partial charge is 0.323 e. The summed E-state index contributed by atoms with van der Waals surface area (Å²) in [6, 6.07) is 8.65. The van der Waals surface area contributed by atoms with E-state index in [0.717, 1.165) is 5.56 Å². The molecule has 12 nitrogen and oxygen atoms in total. The Labute approximate surface area is 188 Å². The molecule has 3 aromatic heterocycles. The molecule has 1 aliphatic rings. The second-order valence-corrected chi connectivity index (χ2v) is 7.09. The fraction of sp³-hybridized carbons (Fsp3) is 0.190. The molecule has 0 unspecified atom stereocenters. The summed E-state index contributed by atoms with van der Waals surface area (Å²) < 4.78 is 7.04. The van der Waals surface area contributed by atoms with Gasteiger partial charge in [-0.05, 0) is 30.3 Å². The minimum absolute atomic E-state index is 0.395. The molecule has 33 heavy (non-hydrogen) atoms. The van der Waals surface area contributed by atoms with E-state index in [-0.39, 0.29) is 0 Å². The van der Waals surface area contributed by atoms with Crippen LogP contribution in [-0.4, -0.2) is 67.0 Å². The summed E-state index contributed by atoms with van der Waals surface area (Å²) in [5.74, 6) is 1.51. The van der Waals surface area contributed by atoms with Crippen molar-refractivity contribution in [1.29, 1.82) is 0 Å². The lowest BCUT2D eigenvalue weighted by Gasteiger charge is -2.27. The normalized spacial score (nSPS) is 13.5. The van der Waals surface area contributed by atoms with Crippen LogP contribution in [0.15, 0.2) is 61.4 Å². The van der Waals surface area contributed by atoms with Gasteiger partial charge in [0.2, 0.25) is 5.95 Å². The summed E-state index contributed by atoms with van der Waals surface area (Å²) in [7, 11) is 0. The maximum Gasteiger partial charge on any atom is 0.323 e. The number of ether oxygens (including phenoxy) is 1. The number of amides is 2. The number of rotatable bonds is 5. The van der Waals surface area contributed by atoms with Gasteiger partial charge in [0.05, 0.1) is 31.3 Å². The van der Waals surface area contributed by atoms with Gasteiger partial charge in [0, 0.05) is 36.7 Å². The van der Waals surface area contributed by atoms with E-state index < -0.39 is 6.03 Å². The van der Waals surface area contributed by atoms with Crippen LogP contribution in [0.3, 0.4) is 0 Å². The summed E-state index contributed by atoms with van der Waals surface area (Å²) in [4.78, 5) is 35.9. The molecular formula is C21H20N10O2. The maximum atomic E-state index is 12.2. The number of aromatic nitrogens is 7. The van der Waals surface area contributed by atoms with Crippen molar-refractivity contribution in [1.82, 2.24) is 34.7 Å². The van der Waals surface area contributed by atoms with Crippen LogP contribution in [0.1, 0.15) is 0 Å². The first-order valence-electron chi connectivity index (χ1n) is 10.3. The van der Waals surface area contributed by atoms with Crippen molar-refractivity contribution in [3.05, 3.63) is 61.4 Å². The summed E-state index contributed by atoms with van der Waals surface area (Å²) in [6.07, 6.45) is 7.88. The molecule has 0 radical (unpaired) electrons. The first kappa shape index (κ1) is 20.5. The van der Waals surface area contributed by atoms with E-state index in [2.05, 4.69) is 45.6 Å². The minimum Gasteiger partial charge on any atom is -0.378 e. The Kier molecular flexibility index (Phi) is 5.80. The zero-order valence-electron chi connectivity index (χ0n) is 17.5. The maximum absolute atomic E-state index is 12.2. The molecule has 1 fully saturated rings. The highest BCUT2D eigenvalue weighted by Gasteiger charge is 2.18. The molecule has 2 amide bonds. The molecule has 1 aromatic carbocycles. The van der Waals surface area contributed by atoms with Gasteiger partial charge in [0.15, 0.2) is 5.82 Å².